The van der Waals surface area contributed by atoms with Crippen molar-refractivity contribution in [3.8, 4) is 0 Å². The number of ether oxygens (including phenoxy) is 2. The second-order valence-electron chi connectivity index (χ2n) is 2.44. The van der Waals surface area contributed by atoms with Gasteiger partial charge in [-0.1, -0.05) is 13.5 Å². The molecule has 1 aliphatic rings. The molecule has 0 aliphatic carbocycles. The van der Waals surface area contributed by atoms with E-state index in [1.807, 2.05) is 0 Å². The van der Waals surface area contributed by atoms with Crippen LogP contribution in [0.2, 0.25) is 0 Å². The maximum absolute atomic E-state index is 5.41. The fraction of sp³-hybridized carbons (Fsp3) is 0.556. The second-order valence-corrected chi connectivity index (χ2v) is 2.44. The smallest absolute Gasteiger partial charge is 0.156 e. The quantitative estimate of drug-likeness (QED) is 0.620. The Hall–Kier alpha value is -0.920. The third-order valence-electron chi connectivity index (χ3n) is 1.55. The van der Waals surface area contributed by atoms with E-state index in [-0.39, 0.29) is 0 Å². The summed E-state index contributed by atoms with van der Waals surface area (Å²) in [6.07, 6.45) is 3.74. The average molecular weight is 154 g/mol. The molecular weight excluding hydrogens is 140 g/mol. The van der Waals surface area contributed by atoms with E-state index in [1.165, 1.54) is 0 Å². The third kappa shape index (κ3) is 2.00. The van der Waals surface area contributed by atoms with Crippen molar-refractivity contribution < 1.29 is 9.47 Å². The van der Waals surface area contributed by atoms with Gasteiger partial charge in [0.25, 0.3) is 0 Å². The van der Waals surface area contributed by atoms with E-state index in [0.29, 0.717) is 13.2 Å². The van der Waals surface area contributed by atoms with E-state index in [2.05, 4.69) is 13.5 Å². The lowest BCUT2D eigenvalue weighted by molar-refractivity contribution is 0.0645. The van der Waals surface area contributed by atoms with E-state index in [4.69, 9.17) is 9.47 Å². The van der Waals surface area contributed by atoms with Gasteiger partial charge >= 0.3 is 0 Å². The van der Waals surface area contributed by atoms with Crippen molar-refractivity contribution in [2.24, 2.45) is 0 Å². The fourth-order valence-corrected chi connectivity index (χ4v) is 1.06. The highest BCUT2D eigenvalue weighted by molar-refractivity contribution is 5.15. The van der Waals surface area contributed by atoms with Crippen molar-refractivity contribution in [3.05, 3.63) is 24.2 Å². The molecule has 0 aromatic heterocycles. The first-order valence-electron chi connectivity index (χ1n) is 3.99. The van der Waals surface area contributed by atoms with Gasteiger partial charge in [-0.3, -0.25) is 0 Å². The Morgan fingerprint density at radius 2 is 2.18 bits per heavy atom. The summed E-state index contributed by atoms with van der Waals surface area (Å²) in [7, 11) is 0. The van der Waals surface area contributed by atoms with Crippen molar-refractivity contribution in [3.63, 3.8) is 0 Å². The van der Waals surface area contributed by atoms with E-state index in [1.54, 1.807) is 6.08 Å². The van der Waals surface area contributed by atoms with Gasteiger partial charge in [0.1, 0.15) is 19.0 Å². The third-order valence-corrected chi connectivity index (χ3v) is 1.55. The normalized spacial score (nSPS) is 17.2. The summed E-state index contributed by atoms with van der Waals surface area (Å²) in [5.74, 6) is 1.77. The molecule has 1 aliphatic heterocycles. The molecule has 0 N–H and O–H groups in total. The van der Waals surface area contributed by atoms with Gasteiger partial charge in [-0.05, 0) is 12.5 Å². The Bertz CT molecular complexity index is 170. The predicted octanol–water partition coefficient (Wildman–Crippen LogP) is 2.23. The van der Waals surface area contributed by atoms with Crippen LogP contribution in [0.4, 0.5) is 0 Å². The number of allylic oxidation sites excluding steroid dienone is 2. The van der Waals surface area contributed by atoms with Crippen LogP contribution in [0.5, 0.6) is 0 Å². The molecule has 0 atom stereocenters. The number of rotatable bonds is 3. The molecule has 0 unspecified atom stereocenters. The summed E-state index contributed by atoms with van der Waals surface area (Å²) in [6.45, 7) is 7.09. The molecule has 0 saturated carbocycles. The first-order valence-corrected chi connectivity index (χ1v) is 3.99. The summed E-state index contributed by atoms with van der Waals surface area (Å²) in [4.78, 5) is 0. The first kappa shape index (κ1) is 8.18. The molecule has 1 heterocycles. The summed E-state index contributed by atoms with van der Waals surface area (Å²) in [5, 5.41) is 0. The first-order chi connectivity index (χ1) is 5.38. The van der Waals surface area contributed by atoms with Gasteiger partial charge in [0.2, 0.25) is 0 Å². The van der Waals surface area contributed by atoms with Crippen LogP contribution in [0.3, 0.4) is 0 Å². The lowest BCUT2D eigenvalue weighted by atomic mass is 10.2. The molecule has 0 amide bonds. The summed E-state index contributed by atoms with van der Waals surface area (Å²) >= 11 is 0. The van der Waals surface area contributed by atoms with Crippen molar-refractivity contribution >= 4 is 0 Å². The monoisotopic (exact) mass is 154 g/mol. The summed E-state index contributed by atoms with van der Waals surface area (Å²) < 4.78 is 10.7. The molecule has 1 rings (SSSR count). The molecule has 0 radical (unpaired) electrons. The Labute approximate surface area is 67.5 Å². The molecule has 2 heteroatoms. The van der Waals surface area contributed by atoms with Gasteiger partial charge in [0, 0.05) is 6.42 Å². The Kier molecular flexibility index (Phi) is 3.02. The van der Waals surface area contributed by atoms with Gasteiger partial charge in [-0.15, -0.1) is 0 Å². The SMILES string of the molecule is C=CC1=C(CCC)OCCO1. The van der Waals surface area contributed by atoms with Gasteiger partial charge in [-0.25, -0.2) is 0 Å². The molecule has 62 valence electrons. The lowest BCUT2D eigenvalue weighted by Gasteiger charge is -2.19. The molecule has 0 saturated heterocycles. The number of hydrogen-bond donors (Lipinski definition) is 0. The summed E-state index contributed by atoms with van der Waals surface area (Å²) in [6, 6.07) is 0. The highest BCUT2D eigenvalue weighted by Gasteiger charge is 2.10. The van der Waals surface area contributed by atoms with Crippen LogP contribution in [0.25, 0.3) is 0 Å². The molecule has 0 fully saturated rings. The minimum absolute atomic E-state index is 0.647. The Morgan fingerprint density at radius 1 is 1.45 bits per heavy atom. The van der Waals surface area contributed by atoms with Crippen molar-refractivity contribution in [2.75, 3.05) is 13.2 Å². The number of hydrogen-bond acceptors (Lipinski definition) is 2. The average Bonchev–Trinajstić information content (AvgIpc) is 2.06. The molecular formula is C9H14O2. The van der Waals surface area contributed by atoms with Gasteiger partial charge < -0.3 is 9.47 Å². The Morgan fingerprint density at radius 3 is 2.82 bits per heavy atom. The van der Waals surface area contributed by atoms with Crippen LogP contribution < -0.4 is 0 Å². The highest BCUT2D eigenvalue weighted by atomic mass is 16.6. The minimum atomic E-state index is 0.647. The summed E-state index contributed by atoms with van der Waals surface area (Å²) in [5.41, 5.74) is 0. The van der Waals surface area contributed by atoms with Crippen LogP contribution in [-0.2, 0) is 9.47 Å². The topological polar surface area (TPSA) is 18.5 Å². The molecule has 2 nitrogen and oxygen atoms in total. The van der Waals surface area contributed by atoms with Gasteiger partial charge in [0.05, 0.1) is 0 Å². The van der Waals surface area contributed by atoms with Crippen LogP contribution in [-0.4, -0.2) is 13.2 Å². The lowest BCUT2D eigenvalue weighted by Crippen LogP contribution is -2.12. The predicted molar refractivity (Wildman–Crippen MR) is 44.0 cm³/mol. The highest BCUT2D eigenvalue weighted by Crippen LogP contribution is 2.18. The van der Waals surface area contributed by atoms with Crippen LogP contribution >= 0.6 is 0 Å². The zero-order valence-corrected chi connectivity index (χ0v) is 6.93. The van der Waals surface area contributed by atoms with Crippen molar-refractivity contribution in [1.29, 1.82) is 0 Å². The van der Waals surface area contributed by atoms with Crippen molar-refractivity contribution in [1.82, 2.24) is 0 Å². The zero-order chi connectivity index (χ0) is 8.10. The maximum atomic E-state index is 5.41. The molecule has 0 aromatic rings. The van der Waals surface area contributed by atoms with E-state index < -0.39 is 0 Å². The van der Waals surface area contributed by atoms with Crippen LogP contribution in [0, 0.1) is 0 Å². The molecule has 0 aromatic carbocycles. The Balaban J connectivity index is 2.64. The minimum Gasteiger partial charge on any atom is -0.491 e. The standard InChI is InChI=1S/C9H14O2/c1-3-5-9-8(4-2)10-6-7-11-9/h4H,2-3,5-7H2,1H3. The van der Waals surface area contributed by atoms with Crippen LogP contribution in [0.15, 0.2) is 24.2 Å². The molecule has 0 bridgehead atoms. The second kappa shape index (κ2) is 4.06. The van der Waals surface area contributed by atoms with E-state index in [9.17, 15) is 0 Å². The fourth-order valence-electron chi connectivity index (χ4n) is 1.06. The molecule has 11 heavy (non-hydrogen) atoms. The van der Waals surface area contributed by atoms with Gasteiger partial charge in [0.15, 0.2) is 5.76 Å². The van der Waals surface area contributed by atoms with Crippen molar-refractivity contribution in [2.45, 2.75) is 19.8 Å². The van der Waals surface area contributed by atoms with E-state index >= 15 is 0 Å². The van der Waals surface area contributed by atoms with Gasteiger partial charge in [-0.2, -0.15) is 0 Å². The molecule has 0 spiro atoms. The van der Waals surface area contributed by atoms with E-state index in [0.717, 1.165) is 24.4 Å². The largest absolute Gasteiger partial charge is 0.491 e. The maximum Gasteiger partial charge on any atom is 0.156 e. The zero-order valence-electron chi connectivity index (χ0n) is 6.93. The van der Waals surface area contributed by atoms with Crippen LogP contribution in [0.1, 0.15) is 19.8 Å².